The first-order valence-electron chi connectivity index (χ1n) is 47.2. The third-order valence-electron chi connectivity index (χ3n) is 26.1. The van der Waals surface area contributed by atoms with Crippen LogP contribution in [0.4, 0.5) is 0 Å². The second-order valence-corrected chi connectivity index (χ2v) is 36.3. The Hall–Kier alpha value is -12.8. The minimum Gasteiger partial charge on any atom is -0.316 e. The van der Waals surface area contributed by atoms with E-state index in [9.17, 15) is 24.0 Å². The van der Waals surface area contributed by atoms with Crippen LogP contribution < -0.4 is 10.6 Å². The number of Topliss-reactive ketones (excluding diaryl/α,β-unsaturated/α-hetero) is 5. The molecule has 1 aromatic heterocycles. The fraction of sp³-hybridized carbons (Fsp3) is 0.256. The van der Waals surface area contributed by atoms with Gasteiger partial charge >= 0.3 is 0 Å². The fourth-order valence-corrected chi connectivity index (χ4v) is 19.0. The van der Waals surface area contributed by atoms with Crippen LogP contribution in [0, 0.1) is 20.8 Å². The monoisotopic (exact) mass is 1780 g/mol. The Bertz CT molecular complexity index is 6320. The number of likely N-dealkylation sites (tertiary alicyclic amines) is 3. The topological polar surface area (TPSA) is 132 Å². The first-order chi connectivity index (χ1) is 64.6. The maximum Gasteiger partial charge on any atom is 0.159 e. The summed E-state index contributed by atoms with van der Waals surface area (Å²) in [6, 6.07) is 106. The molecule has 0 bridgehead atoms. The van der Waals surface area contributed by atoms with Crippen LogP contribution in [0.1, 0.15) is 234 Å². The SMILES string of the molecule is CC(=O)c1ccc(C(=C2CCN(C)CC2)c2ccccc2)cc1.CC(=O)c1ccc(C(=C2CCN(Cc3ccc(C)cc3)CC2)c2ccccc2)cc1.CC(=O)c1ccc(C(=C2CCN(Cc3ccc(C)cc3Cl)CC2)c2ccccc2)cc1.CC(=O)c1ccc(C(=C2CCNCC2)c2cccc(C)c2)cc1.CC(=O)c1ccc(C(=C2CCNCC2)c2cccc3cccnc23)cc1. The Kier molecular flexibility index (Phi) is 34.4. The lowest BCUT2D eigenvalue weighted by Gasteiger charge is -2.30. The standard InChI is InChI=1S/C28H28ClNO.C28H29NO.C23H22N2O.2C21H23NO/c1-20-8-9-26(27(29)18-20)19-30-16-14-25(15-17-30)28(23-6-4-3-5-7-23)24-12-10-22(11-13-24)21(2)31;1-21-8-10-23(11-9-21)20-29-18-16-27(17-19-29)28(25-6-4-3-5-7-25)26-14-12-24(13-15-26)22(2)30;1-16(26)17-7-9-18(10-8-17)22(19-11-14-24-15-12-19)21-6-2-4-20-5-3-13-25-23(20)21;1-15-4-3-5-20(14-15)21(19-10-12-22-13-11-19)18-8-6-17(7-9-18)16(2)23;1-16(23)17-8-10-19(11-9-17)21(18-6-4-3-5-7-18)20-12-14-22(2)15-13-20/h3-13,18H,14-17,19H2,1-2H3;3-15H,16-20H2,1-2H3;2-10,13,24H,11-12,14-15H2,1H3;3-9,14,22H,10-13H2,1-2H3;3-11H,12-15H2,1-2H3. The van der Waals surface area contributed by atoms with Gasteiger partial charge in [-0.3, -0.25) is 38.8 Å². The third kappa shape index (κ3) is 26.4. The normalized spacial score (nSPS) is 14.7. The van der Waals surface area contributed by atoms with Gasteiger partial charge in [0.05, 0.1) is 5.52 Å². The van der Waals surface area contributed by atoms with Gasteiger partial charge in [0.2, 0.25) is 0 Å². The van der Waals surface area contributed by atoms with E-state index < -0.39 is 0 Å². The van der Waals surface area contributed by atoms with E-state index in [1.807, 2.05) is 79.0 Å². The van der Waals surface area contributed by atoms with E-state index in [1.165, 1.54) is 134 Å². The number of hydrogen-bond acceptors (Lipinski definition) is 11. The highest BCUT2D eigenvalue weighted by molar-refractivity contribution is 6.31. The summed E-state index contributed by atoms with van der Waals surface area (Å²) in [5.41, 5.74) is 37.4. The average molecular weight is 1780 g/mol. The number of pyridine rings is 1. The molecule has 0 aliphatic carbocycles. The summed E-state index contributed by atoms with van der Waals surface area (Å²) in [7, 11) is 2.18. The van der Waals surface area contributed by atoms with E-state index in [-0.39, 0.29) is 28.9 Å². The maximum absolute atomic E-state index is 11.7. The van der Waals surface area contributed by atoms with Crippen LogP contribution in [-0.4, -0.2) is 121 Å². The van der Waals surface area contributed by atoms with Gasteiger partial charge in [-0.2, -0.15) is 0 Å². The van der Waals surface area contributed by atoms with Gasteiger partial charge in [-0.05, 0) is 260 Å². The second-order valence-electron chi connectivity index (χ2n) is 35.8. The Labute approximate surface area is 793 Å². The van der Waals surface area contributed by atoms with Crippen LogP contribution in [0.25, 0.3) is 38.8 Å². The summed E-state index contributed by atoms with van der Waals surface area (Å²) >= 11 is 6.46. The molecule has 5 aliphatic rings. The maximum atomic E-state index is 11.7. The van der Waals surface area contributed by atoms with Crippen molar-refractivity contribution in [3.8, 4) is 0 Å². The van der Waals surface area contributed by atoms with Crippen LogP contribution in [0.15, 0.2) is 343 Å². The molecule has 2 N–H and O–H groups in total. The van der Waals surface area contributed by atoms with Crippen LogP contribution >= 0.6 is 11.6 Å². The zero-order valence-electron chi connectivity index (χ0n) is 78.8. The Morgan fingerprint density at radius 1 is 0.293 bits per heavy atom. The number of carbonyl (C=O) groups is 5. The molecule has 0 unspecified atom stereocenters. The molecule has 5 aliphatic heterocycles. The number of nitrogens with one attached hydrogen (secondary N) is 2. The van der Waals surface area contributed by atoms with Crippen molar-refractivity contribution in [3.05, 3.63) is 460 Å². The van der Waals surface area contributed by atoms with E-state index in [0.29, 0.717) is 0 Å². The molecule has 0 spiro atoms. The molecule has 11 nitrogen and oxygen atoms in total. The zero-order valence-corrected chi connectivity index (χ0v) is 79.5. The Balaban J connectivity index is 0.000000134. The van der Waals surface area contributed by atoms with Gasteiger partial charge in [0.1, 0.15) is 0 Å². The molecular formula is C121H125ClN6O5. The largest absolute Gasteiger partial charge is 0.316 e. The molecule has 0 radical (unpaired) electrons. The number of para-hydroxylation sites is 1. The van der Waals surface area contributed by atoms with Gasteiger partial charge < -0.3 is 15.5 Å². The van der Waals surface area contributed by atoms with Crippen LogP contribution in [0.3, 0.4) is 0 Å². The minimum absolute atomic E-state index is 0.0967. The fourth-order valence-electron chi connectivity index (χ4n) is 18.7. The lowest BCUT2D eigenvalue weighted by molar-refractivity contribution is 0.100. The molecule has 133 heavy (non-hydrogen) atoms. The van der Waals surface area contributed by atoms with Crippen LogP contribution in [0.5, 0.6) is 0 Å². The summed E-state index contributed by atoms with van der Waals surface area (Å²) in [5, 5.41) is 8.88. The number of aromatic nitrogens is 1. The molecule has 5 fully saturated rings. The van der Waals surface area contributed by atoms with E-state index in [0.717, 1.165) is 192 Å². The summed E-state index contributed by atoms with van der Waals surface area (Å²) in [5.74, 6) is 0.538. The Morgan fingerprint density at radius 3 is 0.985 bits per heavy atom. The number of halogens is 1. The van der Waals surface area contributed by atoms with Crippen molar-refractivity contribution in [3.63, 3.8) is 0 Å². The van der Waals surface area contributed by atoms with Crippen molar-refractivity contribution in [2.75, 3.05) is 72.5 Å². The summed E-state index contributed by atoms with van der Waals surface area (Å²) in [6.07, 6.45) is 12.5. The number of nitrogens with zero attached hydrogens (tertiary/aromatic N) is 4. The Morgan fingerprint density at radius 2 is 0.602 bits per heavy atom. The van der Waals surface area contributed by atoms with Crippen molar-refractivity contribution < 1.29 is 24.0 Å². The number of hydrogen-bond donors (Lipinski definition) is 2. The minimum atomic E-state index is 0.0967. The lowest BCUT2D eigenvalue weighted by Crippen LogP contribution is -2.30. The third-order valence-corrected chi connectivity index (χ3v) is 26.5. The molecular weight excluding hydrogens is 1650 g/mol. The number of carbonyl (C=O) groups excluding carboxylic acids is 5. The highest BCUT2D eigenvalue weighted by Gasteiger charge is 2.26. The molecule has 12 heteroatoms. The highest BCUT2D eigenvalue weighted by Crippen LogP contribution is 2.40. The van der Waals surface area contributed by atoms with Gasteiger partial charge in [0.25, 0.3) is 0 Å². The number of piperidine rings is 5. The molecule has 12 aromatic carbocycles. The van der Waals surface area contributed by atoms with Gasteiger partial charge in [-0.1, -0.05) is 348 Å². The van der Waals surface area contributed by atoms with Crippen molar-refractivity contribution >= 4 is 79.3 Å². The molecule has 6 heterocycles. The number of ketones is 5. The molecule has 13 aromatic rings. The van der Waals surface area contributed by atoms with Gasteiger partial charge in [-0.25, -0.2) is 0 Å². The van der Waals surface area contributed by atoms with Crippen molar-refractivity contribution in [2.45, 2.75) is 133 Å². The van der Waals surface area contributed by atoms with E-state index >= 15 is 0 Å². The summed E-state index contributed by atoms with van der Waals surface area (Å²) in [6.45, 7) is 26.8. The van der Waals surface area contributed by atoms with Gasteiger partial charge in [0, 0.05) is 102 Å². The summed E-state index contributed by atoms with van der Waals surface area (Å²) < 4.78 is 0. The molecule has 0 atom stereocenters. The number of fused-ring (bicyclic) bond motifs is 1. The second kappa shape index (κ2) is 47.5. The smallest absolute Gasteiger partial charge is 0.159 e. The number of rotatable bonds is 19. The van der Waals surface area contributed by atoms with E-state index in [2.05, 4.69) is 295 Å². The molecule has 18 rings (SSSR count). The number of benzene rings is 12. The van der Waals surface area contributed by atoms with Gasteiger partial charge in [-0.15, -0.1) is 0 Å². The van der Waals surface area contributed by atoms with Crippen molar-refractivity contribution in [2.24, 2.45) is 0 Å². The van der Waals surface area contributed by atoms with Crippen LogP contribution in [0.2, 0.25) is 5.02 Å². The van der Waals surface area contributed by atoms with Crippen LogP contribution in [-0.2, 0) is 13.1 Å². The predicted molar refractivity (Wildman–Crippen MR) is 552 cm³/mol. The quantitative estimate of drug-likeness (QED) is 0.0750. The zero-order chi connectivity index (χ0) is 93.1. The predicted octanol–water partition coefficient (Wildman–Crippen LogP) is 26.7. The average Bonchev–Trinajstić information content (AvgIpc) is 0.726. The molecule has 0 saturated carbocycles. The molecule has 676 valence electrons. The first kappa shape index (κ1) is 96.3. The number of aryl methyl sites for hydroxylation is 3. The van der Waals surface area contributed by atoms with E-state index in [1.54, 1.807) is 34.6 Å². The van der Waals surface area contributed by atoms with Gasteiger partial charge in [0.15, 0.2) is 28.9 Å². The van der Waals surface area contributed by atoms with Crippen molar-refractivity contribution in [1.82, 2.24) is 30.3 Å². The first-order valence-corrected chi connectivity index (χ1v) is 47.6. The highest BCUT2D eigenvalue weighted by atomic mass is 35.5. The molecule has 0 amide bonds. The summed E-state index contributed by atoms with van der Waals surface area (Å²) in [4.78, 5) is 70.2. The van der Waals surface area contributed by atoms with E-state index in [4.69, 9.17) is 11.6 Å². The van der Waals surface area contributed by atoms with Crippen molar-refractivity contribution in [1.29, 1.82) is 0 Å². The molecule has 5 saturated heterocycles. The lowest BCUT2D eigenvalue weighted by atomic mass is 9.87.